The lowest BCUT2D eigenvalue weighted by Gasteiger charge is -2.12. The van der Waals surface area contributed by atoms with E-state index in [4.69, 9.17) is 9.97 Å². The van der Waals surface area contributed by atoms with E-state index >= 15 is 0 Å². The number of pyridine rings is 1. The Morgan fingerprint density at radius 2 is 1.79 bits per heavy atom. The second-order valence-electron chi connectivity index (χ2n) is 6.40. The first kappa shape index (κ1) is 16.5. The van der Waals surface area contributed by atoms with Crippen molar-refractivity contribution in [3.8, 4) is 11.4 Å². The zero-order valence-electron chi connectivity index (χ0n) is 15.1. The molecule has 4 nitrogen and oxygen atoms in total. The SMILES string of the molecule is CCCc1cc(-n2c(CC)nc3c(C)c(C)c(C)nc32)ccc1O. The van der Waals surface area contributed by atoms with Crippen molar-refractivity contribution in [1.29, 1.82) is 0 Å². The first-order valence-electron chi connectivity index (χ1n) is 8.65. The van der Waals surface area contributed by atoms with Crippen LogP contribution in [0.4, 0.5) is 0 Å². The van der Waals surface area contributed by atoms with E-state index in [9.17, 15) is 5.11 Å². The molecule has 0 unspecified atom stereocenters. The number of rotatable bonds is 4. The van der Waals surface area contributed by atoms with E-state index in [1.807, 2.05) is 13.0 Å². The van der Waals surface area contributed by atoms with Gasteiger partial charge in [-0.15, -0.1) is 0 Å². The summed E-state index contributed by atoms with van der Waals surface area (Å²) in [5, 5.41) is 10.1. The van der Waals surface area contributed by atoms with Crippen molar-refractivity contribution in [3.63, 3.8) is 0 Å². The summed E-state index contributed by atoms with van der Waals surface area (Å²) < 4.78 is 2.13. The van der Waals surface area contributed by atoms with Crippen LogP contribution in [0.5, 0.6) is 5.75 Å². The summed E-state index contributed by atoms with van der Waals surface area (Å²) in [5.41, 5.74) is 7.30. The number of phenolic OH excluding ortho intramolecular Hbond substituents is 1. The molecule has 3 aromatic rings. The molecule has 0 radical (unpaired) electrons. The molecule has 2 heterocycles. The fourth-order valence-corrected chi connectivity index (χ4v) is 3.19. The molecular weight excluding hydrogens is 298 g/mol. The molecular formula is C20H25N3O. The highest BCUT2D eigenvalue weighted by Crippen LogP contribution is 2.28. The van der Waals surface area contributed by atoms with E-state index in [-0.39, 0.29) is 0 Å². The van der Waals surface area contributed by atoms with Crippen LogP contribution in [0, 0.1) is 20.8 Å². The number of aromatic hydroxyl groups is 1. The maximum atomic E-state index is 10.1. The van der Waals surface area contributed by atoms with Crippen molar-refractivity contribution < 1.29 is 5.11 Å². The Hall–Kier alpha value is -2.36. The normalized spacial score (nSPS) is 11.4. The third-order valence-electron chi connectivity index (χ3n) is 4.81. The summed E-state index contributed by atoms with van der Waals surface area (Å²) in [7, 11) is 0. The molecule has 1 N–H and O–H groups in total. The largest absolute Gasteiger partial charge is 0.508 e. The van der Waals surface area contributed by atoms with Crippen LogP contribution in [0.2, 0.25) is 0 Å². The monoisotopic (exact) mass is 323 g/mol. The summed E-state index contributed by atoms with van der Waals surface area (Å²) in [6.07, 6.45) is 2.69. The summed E-state index contributed by atoms with van der Waals surface area (Å²) in [5.74, 6) is 1.36. The van der Waals surface area contributed by atoms with Crippen LogP contribution < -0.4 is 0 Å². The van der Waals surface area contributed by atoms with Crippen LogP contribution in [-0.4, -0.2) is 19.6 Å². The van der Waals surface area contributed by atoms with Gasteiger partial charge in [0.1, 0.15) is 17.1 Å². The van der Waals surface area contributed by atoms with Gasteiger partial charge in [-0.1, -0.05) is 20.3 Å². The molecule has 0 fully saturated rings. The maximum absolute atomic E-state index is 10.1. The van der Waals surface area contributed by atoms with E-state index in [0.717, 1.165) is 53.2 Å². The van der Waals surface area contributed by atoms with Crippen LogP contribution in [0.1, 0.15) is 48.5 Å². The van der Waals surface area contributed by atoms with Crippen molar-refractivity contribution in [2.24, 2.45) is 0 Å². The van der Waals surface area contributed by atoms with Crippen molar-refractivity contribution >= 4 is 11.2 Å². The topological polar surface area (TPSA) is 50.9 Å². The van der Waals surface area contributed by atoms with Gasteiger partial charge >= 0.3 is 0 Å². The van der Waals surface area contributed by atoms with Crippen LogP contribution in [0.25, 0.3) is 16.9 Å². The van der Waals surface area contributed by atoms with Gasteiger partial charge in [0.2, 0.25) is 0 Å². The zero-order chi connectivity index (χ0) is 17.4. The second kappa shape index (κ2) is 6.27. The van der Waals surface area contributed by atoms with Gasteiger partial charge in [0.25, 0.3) is 0 Å². The Kier molecular flexibility index (Phi) is 4.31. The fraction of sp³-hybridized carbons (Fsp3) is 0.400. The van der Waals surface area contributed by atoms with Gasteiger partial charge in [-0.05, 0) is 62.1 Å². The van der Waals surface area contributed by atoms with Crippen molar-refractivity contribution in [1.82, 2.24) is 14.5 Å². The molecule has 2 aromatic heterocycles. The van der Waals surface area contributed by atoms with Crippen LogP contribution in [-0.2, 0) is 12.8 Å². The Morgan fingerprint density at radius 1 is 1.04 bits per heavy atom. The smallest absolute Gasteiger partial charge is 0.165 e. The third kappa shape index (κ3) is 2.56. The summed E-state index contributed by atoms with van der Waals surface area (Å²) in [6, 6.07) is 5.78. The highest BCUT2D eigenvalue weighted by Gasteiger charge is 2.17. The minimum atomic E-state index is 0.360. The molecule has 0 aliphatic rings. The molecule has 0 atom stereocenters. The van der Waals surface area contributed by atoms with Crippen molar-refractivity contribution in [2.45, 2.75) is 53.9 Å². The minimum absolute atomic E-state index is 0.360. The number of benzene rings is 1. The third-order valence-corrected chi connectivity index (χ3v) is 4.81. The summed E-state index contributed by atoms with van der Waals surface area (Å²) >= 11 is 0. The molecule has 4 heteroatoms. The Labute approximate surface area is 143 Å². The predicted octanol–water partition coefficient (Wildman–Crippen LogP) is 4.57. The number of imidazole rings is 1. The zero-order valence-corrected chi connectivity index (χ0v) is 15.1. The van der Waals surface area contributed by atoms with E-state index in [2.05, 4.69) is 38.3 Å². The average Bonchev–Trinajstić information content (AvgIpc) is 2.93. The molecule has 1 aromatic carbocycles. The molecule has 0 spiro atoms. The first-order chi connectivity index (χ1) is 11.5. The van der Waals surface area contributed by atoms with Crippen LogP contribution >= 0.6 is 0 Å². The lowest BCUT2D eigenvalue weighted by molar-refractivity contribution is 0.467. The van der Waals surface area contributed by atoms with Crippen molar-refractivity contribution in [2.75, 3.05) is 0 Å². The Bertz CT molecular complexity index is 909. The molecule has 3 rings (SSSR count). The number of hydrogen-bond acceptors (Lipinski definition) is 3. The molecule has 0 saturated carbocycles. The van der Waals surface area contributed by atoms with Gasteiger partial charge in [0.15, 0.2) is 5.65 Å². The van der Waals surface area contributed by atoms with Gasteiger partial charge in [-0.25, -0.2) is 9.97 Å². The van der Waals surface area contributed by atoms with E-state index < -0.39 is 0 Å². The number of aromatic nitrogens is 3. The summed E-state index contributed by atoms with van der Waals surface area (Å²) in [6.45, 7) is 10.5. The number of aryl methyl sites for hydroxylation is 4. The first-order valence-corrected chi connectivity index (χ1v) is 8.65. The molecule has 0 amide bonds. The van der Waals surface area contributed by atoms with Gasteiger partial charge in [-0.2, -0.15) is 0 Å². The van der Waals surface area contributed by atoms with Crippen LogP contribution in [0.15, 0.2) is 18.2 Å². The van der Waals surface area contributed by atoms with E-state index in [1.54, 1.807) is 6.07 Å². The van der Waals surface area contributed by atoms with Gasteiger partial charge in [0.05, 0.1) is 0 Å². The molecule has 0 aliphatic heterocycles. The van der Waals surface area contributed by atoms with Crippen molar-refractivity contribution in [3.05, 3.63) is 46.4 Å². The second-order valence-corrected chi connectivity index (χ2v) is 6.40. The lowest BCUT2D eigenvalue weighted by atomic mass is 10.1. The summed E-state index contributed by atoms with van der Waals surface area (Å²) in [4.78, 5) is 9.66. The van der Waals surface area contributed by atoms with Crippen LogP contribution in [0.3, 0.4) is 0 Å². The lowest BCUT2D eigenvalue weighted by Crippen LogP contribution is -2.03. The fourth-order valence-electron chi connectivity index (χ4n) is 3.19. The number of hydrogen-bond donors (Lipinski definition) is 1. The van der Waals surface area contributed by atoms with Gasteiger partial charge < -0.3 is 5.11 Å². The Balaban J connectivity index is 2.31. The molecule has 24 heavy (non-hydrogen) atoms. The number of fused-ring (bicyclic) bond motifs is 1. The quantitative estimate of drug-likeness (QED) is 0.765. The molecule has 126 valence electrons. The van der Waals surface area contributed by atoms with E-state index in [1.165, 1.54) is 11.1 Å². The van der Waals surface area contributed by atoms with E-state index in [0.29, 0.717) is 5.75 Å². The molecule has 0 bridgehead atoms. The highest BCUT2D eigenvalue weighted by molar-refractivity contribution is 5.79. The predicted molar refractivity (Wildman–Crippen MR) is 98.1 cm³/mol. The standard InChI is InChI=1S/C20H25N3O/c1-6-8-15-11-16(9-10-17(15)24)23-18(7-2)22-19-13(4)12(3)14(5)21-20(19)23/h9-11,24H,6-8H2,1-5H3. The molecule has 0 saturated heterocycles. The maximum Gasteiger partial charge on any atom is 0.165 e. The molecule has 0 aliphatic carbocycles. The average molecular weight is 323 g/mol. The highest BCUT2D eigenvalue weighted by atomic mass is 16.3. The number of nitrogens with zero attached hydrogens (tertiary/aromatic N) is 3. The number of phenols is 1. The van der Waals surface area contributed by atoms with Gasteiger partial charge in [-0.3, -0.25) is 4.57 Å². The van der Waals surface area contributed by atoms with Gasteiger partial charge in [0, 0.05) is 17.8 Å². The Morgan fingerprint density at radius 3 is 2.46 bits per heavy atom. The minimum Gasteiger partial charge on any atom is -0.508 e.